The average molecular weight is 264 g/mol. The van der Waals surface area contributed by atoms with E-state index in [-0.39, 0.29) is 5.91 Å². The van der Waals surface area contributed by atoms with Crippen LogP contribution in [-0.4, -0.2) is 11.1 Å². The van der Waals surface area contributed by atoms with E-state index in [1.54, 1.807) is 11.3 Å². The van der Waals surface area contributed by atoms with E-state index in [1.807, 2.05) is 37.4 Å². The molecule has 5 heteroatoms. The second-order valence-electron chi connectivity index (χ2n) is 4.53. The molecule has 2 aromatic heterocycles. The molecule has 0 saturated carbocycles. The third kappa shape index (κ3) is 3.43. The van der Waals surface area contributed by atoms with Crippen LogP contribution < -0.4 is 5.32 Å². The van der Waals surface area contributed by atoms with Gasteiger partial charge in [0, 0.05) is 12.5 Å². The lowest BCUT2D eigenvalue weighted by molar-refractivity contribution is -0.121. The van der Waals surface area contributed by atoms with Crippen molar-refractivity contribution in [2.75, 3.05) is 0 Å². The van der Waals surface area contributed by atoms with Crippen LogP contribution in [0.15, 0.2) is 28.1 Å². The second kappa shape index (κ2) is 5.82. The number of hydrogen-bond donors (Lipinski definition) is 1. The Morgan fingerprint density at radius 2 is 2.39 bits per heavy atom. The molecular weight excluding hydrogens is 248 g/mol. The molecule has 0 radical (unpaired) electrons. The topological polar surface area (TPSA) is 55.1 Å². The van der Waals surface area contributed by atoms with Crippen molar-refractivity contribution < 1.29 is 9.32 Å². The Labute approximate surface area is 110 Å². The van der Waals surface area contributed by atoms with Crippen molar-refractivity contribution in [3.63, 3.8) is 0 Å². The lowest BCUT2D eigenvalue weighted by atomic mass is 10.1. The van der Waals surface area contributed by atoms with E-state index >= 15 is 0 Å². The number of thiophene rings is 1. The second-order valence-corrected chi connectivity index (χ2v) is 5.48. The molecule has 96 valence electrons. The normalized spacial score (nSPS) is 10.8. The molecule has 0 spiro atoms. The monoisotopic (exact) mass is 264 g/mol. The number of rotatable bonds is 5. The van der Waals surface area contributed by atoms with Gasteiger partial charge in [-0.2, -0.15) is 0 Å². The molecule has 0 bridgehead atoms. The van der Waals surface area contributed by atoms with E-state index in [2.05, 4.69) is 10.5 Å². The van der Waals surface area contributed by atoms with Crippen LogP contribution in [0.4, 0.5) is 0 Å². The number of carbonyl (C=O) groups is 1. The van der Waals surface area contributed by atoms with Gasteiger partial charge < -0.3 is 9.84 Å². The standard InChI is InChI=1S/C13H16N2O2S/c1-9(2)6-13(16)14-8-10-7-11(17-15-10)12-4-3-5-18-12/h3-5,7,9H,6,8H2,1-2H3,(H,14,16). The van der Waals surface area contributed by atoms with Crippen molar-refractivity contribution in [2.24, 2.45) is 5.92 Å². The molecule has 0 aliphatic rings. The van der Waals surface area contributed by atoms with Crippen molar-refractivity contribution in [2.45, 2.75) is 26.8 Å². The van der Waals surface area contributed by atoms with Crippen LogP contribution in [0, 0.1) is 5.92 Å². The fraction of sp³-hybridized carbons (Fsp3) is 0.385. The Balaban J connectivity index is 1.89. The number of hydrogen-bond acceptors (Lipinski definition) is 4. The summed E-state index contributed by atoms with van der Waals surface area (Å²) in [5.74, 6) is 1.16. The van der Waals surface area contributed by atoms with Crippen LogP contribution in [-0.2, 0) is 11.3 Å². The van der Waals surface area contributed by atoms with E-state index in [1.165, 1.54) is 0 Å². The number of amides is 1. The van der Waals surface area contributed by atoms with Crippen LogP contribution in [0.5, 0.6) is 0 Å². The van der Waals surface area contributed by atoms with Crippen LogP contribution in [0.2, 0.25) is 0 Å². The van der Waals surface area contributed by atoms with Crippen LogP contribution in [0.3, 0.4) is 0 Å². The predicted molar refractivity (Wildman–Crippen MR) is 71.1 cm³/mol. The fourth-order valence-electron chi connectivity index (χ4n) is 1.56. The van der Waals surface area contributed by atoms with Crippen LogP contribution >= 0.6 is 11.3 Å². The SMILES string of the molecule is CC(C)CC(=O)NCc1cc(-c2cccs2)on1. The summed E-state index contributed by atoms with van der Waals surface area (Å²) >= 11 is 1.60. The highest BCUT2D eigenvalue weighted by Crippen LogP contribution is 2.24. The molecule has 2 heterocycles. The lowest BCUT2D eigenvalue weighted by Gasteiger charge is -2.04. The Bertz CT molecular complexity index is 503. The molecule has 2 aromatic rings. The van der Waals surface area contributed by atoms with Gasteiger partial charge in [0.1, 0.15) is 5.69 Å². The highest BCUT2D eigenvalue weighted by molar-refractivity contribution is 7.13. The first-order chi connectivity index (χ1) is 8.65. The molecule has 0 aliphatic heterocycles. The summed E-state index contributed by atoms with van der Waals surface area (Å²) in [6.45, 7) is 4.45. The predicted octanol–water partition coefficient (Wildman–Crippen LogP) is 3.07. The number of nitrogens with one attached hydrogen (secondary N) is 1. The maximum absolute atomic E-state index is 11.5. The molecule has 4 nitrogen and oxygen atoms in total. The van der Waals surface area contributed by atoms with Gasteiger partial charge in [-0.3, -0.25) is 4.79 Å². The molecule has 0 unspecified atom stereocenters. The number of carbonyl (C=O) groups excluding carboxylic acids is 1. The van der Waals surface area contributed by atoms with Crippen LogP contribution in [0.1, 0.15) is 26.0 Å². The quantitative estimate of drug-likeness (QED) is 0.903. The summed E-state index contributed by atoms with van der Waals surface area (Å²) in [5, 5.41) is 8.76. The summed E-state index contributed by atoms with van der Waals surface area (Å²) < 4.78 is 5.23. The maximum atomic E-state index is 11.5. The number of nitrogens with zero attached hydrogens (tertiary/aromatic N) is 1. The van der Waals surface area contributed by atoms with Gasteiger partial charge in [-0.25, -0.2) is 0 Å². The minimum atomic E-state index is 0.0469. The van der Waals surface area contributed by atoms with Gasteiger partial charge in [-0.1, -0.05) is 25.1 Å². The van der Waals surface area contributed by atoms with E-state index in [4.69, 9.17) is 4.52 Å². The van der Waals surface area contributed by atoms with Crippen molar-refractivity contribution in [1.29, 1.82) is 0 Å². The van der Waals surface area contributed by atoms with E-state index in [0.29, 0.717) is 18.9 Å². The molecule has 0 aliphatic carbocycles. The molecule has 1 amide bonds. The summed E-state index contributed by atoms with van der Waals surface area (Å²) in [6, 6.07) is 5.81. The van der Waals surface area contributed by atoms with Crippen molar-refractivity contribution in [3.8, 4) is 10.6 Å². The zero-order chi connectivity index (χ0) is 13.0. The van der Waals surface area contributed by atoms with Gasteiger partial charge in [-0.15, -0.1) is 11.3 Å². The first-order valence-electron chi connectivity index (χ1n) is 5.91. The molecule has 2 rings (SSSR count). The minimum Gasteiger partial charge on any atom is -0.355 e. The minimum absolute atomic E-state index is 0.0469. The van der Waals surface area contributed by atoms with Gasteiger partial charge in [0.25, 0.3) is 0 Å². The molecular formula is C13H16N2O2S. The van der Waals surface area contributed by atoms with Gasteiger partial charge in [0.15, 0.2) is 5.76 Å². The number of aromatic nitrogens is 1. The molecule has 18 heavy (non-hydrogen) atoms. The molecule has 0 fully saturated rings. The van der Waals surface area contributed by atoms with Crippen LogP contribution in [0.25, 0.3) is 10.6 Å². The van der Waals surface area contributed by atoms with E-state index < -0.39 is 0 Å². The Hall–Kier alpha value is -1.62. The average Bonchev–Trinajstić information content (AvgIpc) is 2.96. The molecule has 1 N–H and O–H groups in total. The third-order valence-corrected chi connectivity index (χ3v) is 3.27. The summed E-state index contributed by atoms with van der Waals surface area (Å²) in [6.07, 6.45) is 0.537. The zero-order valence-electron chi connectivity index (χ0n) is 10.5. The fourth-order valence-corrected chi connectivity index (χ4v) is 2.24. The van der Waals surface area contributed by atoms with Gasteiger partial charge in [0.2, 0.25) is 5.91 Å². The lowest BCUT2D eigenvalue weighted by Crippen LogP contribution is -2.23. The van der Waals surface area contributed by atoms with Crippen molar-refractivity contribution in [1.82, 2.24) is 10.5 Å². The Kier molecular flexibility index (Phi) is 4.15. The van der Waals surface area contributed by atoms with Gasteiger partial charge >= 0.3 is 0 Å². The molecule has 0 atom stereocenters. The Morgan fingerprint density at radius 1 is 1.56 bits per heavy atom. The maximum Gasteiger partial charge on any atom is 0.220 e. The summed E-state index contributed by atoms with van der Waals surface area (Å²) in [4.78, 5) is 12.5. The van der Waals surface area contributed by atoms with Crippen molar-refractivity contribution >= 4 is 17.2 Å². The molecule has 0 aromatic carbocycles. The highest BCUT2D eigenvalue weighted by atomic mass is 32.1. The summed E-state index contributed by atoms with van der Waals surface area (Å²) in [7, 11) is 0. The highest BCUT2D eigenvalue weighted by Gasteiger charge is 2.09. The smallest absolute Gasteiger partial charge is 0.220 e. The Morgan fingerprint density at radius 3 is 3.06 bits per heavy atom. The zero-order valence-corrected chi connectivity index (χ0v) is 11.3. The van der Waals surface area contributed by atoms with Gasteiger partial charge in [0.05, 0.1) is 11.4 Å². The van der Waals surface area contributed by atoms with Crippen molar-refractivity contribution in [3.05, 3.63) is 29.3 Å². The first kappa shape index (κ1) is 12.8. The molecule has 0 saturated heterocycles. The van der Waals surface area contributed by atoms with E-state index in [9.17, 15) is 4.79 Å². The first-order valence-corrected chi connectivity index (χ1v) is 6.79. The largest absolute Gasteiger partial charge is 0.355 e. The van der Waals surface area contributed by atoms with E-state index in [0.717, 1.165) is 16.3 Å². The third-order valence-electron chi connectivity index (χ3n) is 2.38. The summed E-state index contributed by atoms with van der Waals surface area (Å²) in [5.41, 5.74) is 0.746. The van der Waals surface area contributed by atoms with Gasteiger partial charge in [-0.05, 0) is 17.4 Å².